The van der Waals surface area contributed by atoms with Crippen molar-refractivity contribution in [2.75, 3.05) is 18.5 Å². The number of carbonyl (C=O) groups is 3. The number of hydrogen-bond donors (Lipinski definition) is 1. The molecule has 120 valence electrons. The van der Waals surface area contributed by atoms with Crippen LogP contribution in [-0.2, 0) is 14.3 Å². The third-order valence-corrected chi connectivity index (χ3v) is 4.71. The van der Waals surface area contributed by atoms with Crippen LogP contribution >= 0.6 is 11.3 Å². The zero-order chi connectivity index (χ0) is 16.3. The molecule has 1 aliphatic rings. The highest BCUT2D eigenvalue weighted by molar-refractivity contribution is 7.18. The maximum atomic E-state index is 12.2. The minimum absolute atomic E-state index is 0.148. The van der Waals surface area contributed by atoms with Gasteiger partial charge in [0.1, 0.15) is 11.1 Å². The average molecular weight is 325 g/mol. The number of esters is 1. The molecule has 0 aromatic carbocycles. The second kappa shape index (κ2) is 7.02. The van der Waals surface area contributed by atoms with Crippen LogP contribution in [0.2, 0.25) is 0 Å². The van der Waals surface area contributed by atoms with E-state index in [4.69, 9.17) is 9.47 Å². The molecule has 1 fully saturated rings. The fourth-order valence-electron chi connectivity index (χ4n) is 2.36. The molecule has 1 aromatic heterocycles. The van der Waals surface area contributed by atoms with E-state index in [1.165, 1.54) is 6.92 Å². The predicted octanol–water partition coefficient (Wildman–Crippen LogP) is 2.55. The Morgan fingerprint density at radius 1 is 1.41 bits per heavy atom. The highest BCUT2D eigenvalue weighted by Gasteiger charge is 2.29. The van der Waals surface area contributed by atoms with Gasteiger partial charge < -0.3 is 14.8 Å². The minimum atomic E-state index is -0.536. The molecule has 0 radical (unpaired) electrons. The summed E-state index contributed by atoms with van der Waals surface area (Å²) in [7, 11) is 0. The van der Waals surface area contributed by atoms with Crippen molar-refractivity contribution in [3.63, 3.8) is 0 Å². The summed E-state index contributed by atoms with van der Waals surface area (Å²) in [6.07, 6.45) is 0.994. The van der Waals surface area contributed by atoms with E-state index in [0.717, 1.165) is 17.8 Å². The van der Waals surface area contributed by atoms with Crippen molar-refractivity contribution in [1.82, 2.24) is 0 Å². The number of ether oxygens (including phenoxy) is 2. The average Bonchev–Trinajstić information content (AvgIpc) is 3.07. The van der Waals surface area contributed by atoms with Gasteiger partial charge >= 0.3 is 5.97 Å². The van der Waals surface area contributed by atoms with Gasteiger partial charge in [-0.25, -0.2) is 4.79 Å². The van der Waals surface area contributed by atoms with E-state index in [-0.39, 0.29) is 23.9 Å². The van der Waals surface area contributed by atoms with Crippen LogP contribution in [0.5, 0.6) is 0 Å². The van der Waals surface area contributed by atoms with E-state index in [9.17, 15) is 14.4 Å². The Kier molecular flexibility index (Phi) is 5.31. The number of ketones is 1. The first-order chi connectivity index (χ1) is 10.5. The number of nitrogens with one attached hydrogen (secondary N) is 1. The Labute approximate surface area is 132 Å². The molecule has 0 aliphatic carbocycles. The Morgan fingerprint density at radius 2 is 2.14 bits per heavy atom. The SMILES string of the molecule is CCOC(=O)c1c(NC(=O)[C@H]2CCCO2)sc(C(C)=O)c1C. The molecular weight excluding hydrogens is 306 g/mol. The maximum absolute atomic E-state index is 12.2. The molecule has 1 aromatic rings. The van der Waals surface area contributed by atoms with E-state index in [1.54, 1.807) is 13.8 Å². The molecule has 0 spiro atoms. The summed E-state index contributed by atoms with van der Waals surface area (Å²) in [5.74, 6) is -0.976. The van der Waals surface area contributed by atoms with Crippen LogP contribution in [0.1, 0.15) is 52.3 Å². The lowest BCUT2D eigenvalue weighted by Crippen LogP contribution is -2.27. The van der Waals surface area contributed by atoms with Crippen LogP contribution in [0, 0.1) is 6.92 Å². The first-order valence-electron chi connectivity index (χ1n) is 7.19. The van der Waals surface area contributed by atoms with Crippen molar-refractivity contribution in [1.29, 1.82) is 0 Å². The van der Waals surface area contributed by atoms with Crippen molar-refractivity contribution < 1.29 is 23.9 Å². The summed E-state index contributed by atoms with van der Waals surface area (Å²) >= 11 is 1.10. The lowest BCUT2D eigenvalue weighted by Gasteiger charge is -2.10. The summed E-state index contributed by atoms with van der Waals surface area (Å²) in [5.41, 5.74) is 0.794. The van der Waals surface area contributed by atoms with Gasteiger partial charge in [-0.3, -0.25) is 9.59 Å². The summed E-state index contributed by atoms with van der Waals surface area (Å²) < 4.78 is 10.4. The first kappa shape index (κ1) is 16.6. The number of amides is 1. The van der Waals surface area contributed by atoms with Crippen LogP contribution in [-0.4, -0.2) is 37.0 Å². The van der Waals surface area contributed by atoms with E-state index < -0.39 is 12.1 Å². The molecule has 0 bridgehead atoms. The van der Waals surface area contributed by atoms with Crippen molar-refractivity contribution in [2.45, 2.75) is 39.7 Å². The molecular formula is C15H19NO5S. The number of anilines is 1. The molecule has 22 heavy (non-hydrogen) atoms. The molecule has 2 rings (SSSR count). The highest BCUT2D eigenvalue weighted by atomic mass is 32.1. The first-order valence-corrected chi connectivity index (χ1v) is 8.01. The molecule has 1 saturated heterocycles. The van der Waals surface area contributed by atoms with Gasteiger partial charge in [0, 0.05) is 6.61 Å². The van der Waals surface area contributed by atoms with Gasteiger partial charge in [-0.2, -0.15) is 0 Å². The summed E-state index contributed by atoms with van der Waals surface area (Å²) in [4.78, 5) is 36.4. The van der Waals surface area contributed by atoms with Gasteiger partial charge in [0.15, 0.2) is 5.78 Å². The molecule has 2 heterocycles. The van der Waals surface area contributed by atoms with Gasteiger partial charge in [0.25, 0.3) is 5.91 Å². The number of thiophene rings is 1. The van der Waals surface area contributed by atoms with E-state index >= 15 is 0 Å². The molecule has 1 N–H and O–H groups in total. The second-order valence-corrected chi connectivity index (χ2v) is 6.05. The highest BCUT2D eigenvalue weighted by Crippen LogP contribution is 2.34. The summed E-state index contributed by atoms with van der Waals surface area (Å²) in [5, 5.41) is 3.06. The third kappa shape index (κ3) is 3.36. The number of carbonyl (C=O) groups excluding carboxylic acids is 3. The second-order valence-electron chi connectivity index (χ2n) is 5.03. The zero-order valence-electron chi connectivity index (χ0n) is 12.9. The molecule has 0 saturated carbocycles. The number of Topliss-reactive ketones (excluding diaryl/α,β-unsaturated/α-hetero) is 1. The van der Waals surface area contributed by atoms with Gasteiger partial charge in [0.05, 0.1) is 17.0 Å². The third-order valence-electron chi connectivity index (χ3n) is 3.40. The molecule has 1 atom stereocenters. The van der Waals surface area contributed by atoms with Crippen molar-refractivity contribution in [3.8, 4) is 0 Å². The van der Waals surface area contributed by atoms with Gasteiger partial charge in [-0.05, 0) is 39.2 Å². The van der Waals surface area contributed by atoms with Crippen LogP contribution in [0.3, 0.4) is 0 Å². The van der Waals surface area contributed by atoms with Gasteiger partial charge in [-0.1, -0.05) is 0 Å². The van der Waals surface area contributed by atoms with Crippen LogP contribution in [0.15, 0.2) is 0 Å². The van der Waals surface area contributed by atoms with Crippen LogP contribution in [0.4, 0.5) is 5.00 Å². The standard InChI is InChI=1S/C15H19NO5S/c1-4-20-15(19)11-8(2)12(9(3)17)22-14(11)16-13(18)10-6-5-7-21-10/h10H,4-7H2,1-3H3,(H,16,18)/t10-/m1/s1. The molecule has 7 heteroatoms. The minimum Gasteiger partial charge on any atom is -0.462 e. The number of rotatable bonds is 5. The fraction of sp³-hybridized carbons (Fsp3) is 0.533. The van der Waals surface area contributed by atoms with Crippen molar-refractivity contribution in [3.05, 3.63) is 16.0 Å². The topological polar surface area (TPSA) is 81.7 Å². The Hall–Kier alpha value is -1.73. The fourth-order valence-corrected chi connectivity index (χ4v) is 3.46. The molecule has 1 amide bonds. The van der Waals surface area contributed by atoms with Crippen LogP contribution < -0.4 is 5.32 Å². The lowest BCUT2D eigenvalue weighted by atomic mass is 10.1. The predicted molar refractivity (Wildman–Crippen MR) is 82.6 cm³/mol. The Balaban J connectivity index is 2.31. The lowest BCUT2D eigenvalue weighted by molar-refractivity contribution is -0.124. The van der Waals surface area contributed by atoms with E-state index in [1.807, 2.05) is 0 Å². The smallest absolute Gasteiger partial charge is 0.341 e. The Bertz CT molecular complexity index is 601. The zero-order valence-corrected chi connectivity index (χ0v) is 13.7. The largest absolute Gasteiger partial charge is 0.462 e. The van der Waals surface area contributed by atoms with Crippen LogP contribution in [0.25, 0.3) is 0 Å². The van der Waals surface area contributed by atoms with E-state index in [0.29, 0.717) is 28.5 Å². The maximum Gasteiger partial charge on any atom is 0.341 e. The molecule has 1 aliphatic heterocycles. The van der Waals surface area contributed by atoms with Crippen molar-refractivity contribution in [2.24, 2.45) is 0 Å². The van der Waals surface area contributed by atoms with Gasteiger partial charge in [-0.15, -0.1) is 11.3 Å². The summed E-state index contributed by atoms with van der Waals surface area (Å²) in [6.45, 7) is 5.60. The van der Waals surface area contributed by atoms with E-state index in [2.05, 4.69) is 5.32 Å². The Morgan fingerprint density at radius 3 is 2.68 bits per heavy atom. The monoisotopic (exact) mass is 325 g/mol. The summed E-state index contributed by atoms with van der Waals surface area (Å²) in [6, 6.07) is 0. The molecule has 6 nitrogen and oxygen atoms in total. The van der Waals surface area contributed by atoms with Crippen molar-refractivity contribution >= 4 is 34.0 Å². The molecule has 0 unspecified atom stereocenters. The van der Waals surface area contributed by atoms with Gasteiger partial charge in [0.2, 0.25) is 0 Å². The number of hydrogen-bond acceptors (Lipinski definition) is 6. The normalized spacial score (nSPS) is 17.3. The quantitative estimate of drug-likeness (QED) is 0.664.